The number of hydrogen-bond acceptors (Lipinski definition) is 6. The van der Waals surface area contributed by atoms with E-state index in [1.54, 1.807) is 36.4 Å². The molecule has 1 aliphatic heterocycles. The Kier molecular flexibility index (Phi) is 6.92. The predicted molar refractivity (Wildman–Crippen MR) is 122 cm³/mol. The zero-order chi connectivity index (χ0) is 23.7. The van der Waals surface area contributed by atoms with Gasteiger partial charge in [-0.15, -0.1) is 6.58 Å². The molecule has 0 unspecified atom stereocenters. The standard InChI is InChI=1S/C23H24BrNO6S/c1-5-18-14-23(21(26)30-3,22(27)31-4)20(16-8-10-17(24)11-9-16)25(18)32(28,29)19-12-6-15(2)7-13-19/h5-13,18,20H,1,14H2,2-4H3/t18-,20+/m0/s1. The quantitative estimate of drug-likeness (QED) is 0.326. The lowest BCUT2D eigenvalue weighted by atomic mass is 9.76. The van der Waals surface area contributed by atoms with Crippen LogP contribution in [0.5, 0.6) is 0 Å². The van der Waals surface area contributed by atoms with E-state index in [4.69, 9.17) is 9.47 Å². The Morgan fingerprint density at radius 2 is 1.59 bits per heavy atom. The van der Waals surface area contributed by atoms with Gasteiger partial charge in [0.25, 0.3) is 0 Å². The van der Waals surface area contributed by atoms with Gasteiger partial charge in [-0.3, -0.25) is 9.59 Å². The monoisotopic (exact) mass is 521 g/mol. The number of aryl methyl sites for hydroxylation is 1. The molecular weight excluding hydrogens is 498 g/mol. The van der Waals surface area contributed by atoms with Crippen molar-refractivity contribution in [1.29, 1.82) is 0 Å². The fraction of sp³-hybridized carbons (Fsp3) is 0.304. The van der Waals surface area contributed by atoms with Crippen LogP contribution in [0.15, 0.2) is 70.6 Å². The number of esters is 2. The van der Waals surface area contributed by atoms with Crippen LogP contribution < -0.4 is 0 Å². The summed E-state index contributed by atoms with van der Waals surface area (Å²) in [4.78, 5) is 26.3. The van der Waals surface area contributed by atoms with Gasteiger partial charge in [0, 0.05) is 10.5 Å². The Morgan fingerprint density at radius 1 is 1.06 bits per heavy atom. The Bertz CT molecular complexity index is 1110. The van der Waals surface area contributed by atoms with Crippen molar-refractivity contribution >= 4 is 37.9 Å². The molecule has 1 aliphatic rings. The third-order valence-corrected chi connectivity index (χ3v) is 8.17. The minimum Gasteiger partial charge on any atom is -0.468 e. The molecular formula is C23H24BrNO6S. The van der Waals surface area contributed by atoms with Crippen LogP contribution in [0, 0.1) is 12.3 Å². The normalized spacial score (nSPS) is 20.5. The maximum Gasteiger partial charge on any atom is 0.325 e. The Labute approximate surface area is 196 Å². The van der Waals surface area contributed by atoms with Crippen molar-refractivity contribution in [3.8, 4) is 0 Å². The Balaban J connectivity index is 2.33. The van der Waals surface area contributed by atoms with E-state index < -0.39 is 39.5 Å². The van der Waals surface area contributed by atoms with Gasteiger partial charge in [-0.1, -0.05) is 51.8 Å². The molecule has 1 heterocycles. The van der Waals surface area contributed by atoms with Crippen molar-refractivity contribution in [3.05, 3.63) is 76.8 Å². The van der Waals surface area contributed by atoms with E-state index in [9.17, 15) is 18.0 Å². The molecule has 0 bridgehead atoms. The summed E-state index contributed by atoms with van der Waals surface area (Å²) in [6, 6.07) is 11.1. The van der Waals surface area contributed by atoms with Crippen LogP contribution in [0.1, 0.15) is 23.6 Å². The van der Waals surface area contributed by atoms with Gasteiger partial charge in [-0.2, -0.15) is 4.31 Å². The lowest BCUT2D eigenvalue weighted by molar-refractivity contribution is -0.170. The molecule has 9 heteroatoms. The summed E-state index contributed by atoms with van der Waals surface area (Å²) >= 11 is 3.36. The highest BCUT2D eigenvalue weighted by molar-refractivity contribution is 9.10. The zero-order valence-corrected chi connectivity index (χ0v) is 20.4. The number of sulfonamides is 1. The summed E-state index contributed by atoms with van der Waals surface area (Å²) in [6.45, 7) is 5.62. The van der Waals surface area contributed by atoms with Crippen molar-refractivity contribution in [1.82, 2.24) is 4.31 Å². The second kappa shape index (κ2) is 9.17. The summed E-state index contributed by atoms with van der Waals surface area (Å²) in [5.41, 5.74) is -0.564. The van der Waals surface area contributed by atoms with E-state index in [2.05, 4.69) is 22.5 Å². The third-order valence-electron chi connectivity index (χ3n) is 5.73. The van der Waals surface area contributed by atoms with E-state index in [0.29, 0.717) is 5.56 Å². The number of carbonyl (C=O) groups is 2. The first-order valence-corrected chi connectivity index (χ1v) is 12.0. The number of nitrogens with zero attached hydrogens (tertiary/aromatic N) is 1. The average molecular weight is 522 g/mol. The first kappa shape index (κ1) is 24.2. The minimum absolute atomic E-state index is 0.0441. The molecule has 0 saturated carbocycles. The lowest BCUT2D eigenvalue weighted by Gasteiger charge is -2.34. The average Bonchev–Trinajstić information content (AvgIpc) is 3.16. The van der Waals surface area contributed by atoms with Crippen LogP contribution in [-0.2, 0) is 29.1 Å². The van der Waals surface area contributed by atoms with Crippen molar-refractivity contribution in [3.63, 3.8) is 0 Å². The molecule has 0 spiro atoms. The van der Waals surface area contributed by atoms with Crippen molar-refractivity contribution in [2.45, 2.75) is 30.3 Å². The fourth-order valence-corrected chi connectivity index (χ4v) is 6.27. The number of rotatable bonds is 6. The van der Waals surface area contributed by atoms with Crippen LogP contribution in [0.3, 0.4) is 0 Å². The molecule has 2 aromatic rings. The first-order valence-electron chi connectivity index (χ1n) is 9.78. The largest absolute Gasteiger partial charge is 0.468 e. The number of hydrogen-bond donors (Lipinski definition) is 0. The zero-order valence-electron chi connectivity index (χ0n) is 17.9. The van der Waals surface area contributed by atoms with Gasteiger partial charge >= 0.3 is 11.9 Å². The van der Waals surface area contributed by atoms with Crippen molar-refractivity contribution in [2.24, 2.45) is 5.41 Å². The predicted octanol–water partition coefficient (Wildman–Crippen LogP) is 3.78. The molecule has 1 saturated heterocycles. The van der Waals surface area contributed by atoms with E-state index in [1.807, 2.05) is 6.92 Å². The number of carbonyl (C=O) groups excluding carboxylic acids is 2. The number of methoxy groups -OCH3 is 2. The smallest absolute Gasteiger partial charge is 0.325 e. The summed E-state index contributed by atoms with van der Waals surface area (Å²) < 4.78 is 39.6. The highest BCUT2D eigenvalue weighted by atomic mass is 79.9. The van der Waals surface area contributed by atoms with E-state index in [1.165, 1.54) is 22.5 Å². The third kappa shape index (κ3) is 3.89. The molecule has 7 nitrogen and oxygen atoms in total. The second-order valence-corrected chi connectivity index (χ2v) is 10.3. The molecule has 2 atom stereocenters. The number of benzene rings is 2. The van der Waals surface area contributed by atoms with Crippen LogP contribution in [0.4, 0.5) is 0 Å². The topological polar surface area (TPSA) is 90.0 Å². The summed E-state index contributed by atoms with van der Waals surface area (Å²) in [5, 5.41) is 0. The van der Waals surface area contributed by atoms with Gasteiger partial charge in [0.1, 0.15) is 0 Å². The van der Waals surface area contributed by atoms with E-state index in [0.717, 1.165) is 24.3 Å². The molecule has 0 aromatic heterocycles. The van der Waals surface area contributed by atoms with E-state index >= 15 is 0 Å². The van der Waals surface area contributed by atoms with Crippen molar-refractivity contribution < 1.29 is 27.5 Å². The minimum atomic E-state index is -4.14. The molecule has 170 valence electrons. The molecule has 32 heavy (non-hydrogen) atoms. The highest BCUT2D eigenvalue weighted by Gasteiger charge is 2.66. The van der Waals surface area contributed by atoms with Crippen molar-refractivity contribution in [2.75, 3.05) is 14.2 Å². The summed E-state index contributed by atoms with van der Waals surface area (Å²) in [5.74, 6) is -1.74. The van der Waals surface area contributed by atoms with Crippen LogP contribution >= 0.6 is 15.9 Å². The molecule has 0 N–H and O–H groups in total. The summed E-state index contributed by atoms with van der Waals surface area (Å²) in [7, 11) is -1.83. The van der Waals surface area contributed by atoms with Crippen LogP contribution in [-0.4, -0.2) is 44.9 Å². The van der Waals surface area contributed by atoms with Crippen LogP contribution in [0.25, 0.3) is 0 Å². The molecule has 0 amide bonds. The molecule has 0 aliphatic carbocycles. The Morgan fingerprint density at radius 3 is 2.06 bits per heavy atom. The molecule has 2 aromatic carbocycles. The van der Waals surface area contributed by atoms with Gasteiger partial charge in [-0.05, 0) is 43.2 Å². The lowest BCUT2D eigenvalue weighted by Crippen LogP contribution is -2.47. The number of halogens is 1. The maximum atomic E-state index is 13.8. The molecule has 3 rings (SSSR count). The Hall–Kier alpha value is -2.49. The van der Waals surface area contributed by atoms with Gasteiger partial charge in [0.15, 0.2) is 5.41 Å². The second-order valence-electron chi connectivity index (χ2n) is 7.56. The van der Waals surface area contributed by atoms with E-state index in [-0.39, 0.29) is 11.3 Å². The maximum absolute atomic E-state index is 13.8. The fourth-order valence-electron chi connectivity index (χ4n) is 4.19. The van der Waals surface area contributed by atoms with Gasteiger partial charge in [0.2, 0.25) is 10.0 Å². The molecule has 1 fully saturated rings. The number of ether oxygens (including phenoxy) is 2. The van der Waals surface area contributed by atoms with Gasteiger partial charge in [0.05, 0.1) is 25.2 Å². The summed E-state index contributed by atoms with van der Waals surface area (Å²) in [6.07, 6.45) is 1.26. The van der Waals surface area contributed by atoms with Crippen LogP contribution in [0.2, 0.25) is 0 Å². The SMILES string of the molecule is C=C[C@H]1CC(C(=O)OC)(C(=O)OC)[C@@H](c2ccc(Br)cc2)N1S(=O)(=O)c1ccc(C)cc1. The van der Waals surface area contributed by atoms with Gasteiger partial charge in [-0.25, -0.2) is 8.42 Å². The molecule has 0 radical (unpaired) electrons. The first-order chi connectivity index (χ1) is 15.1. The van der Waals surface area contributed by atoms with Gasteiger partial charge < -0.3 is 9.47 Å². The highest BCUT2D eigenvalue weighted by Crippen LogP contribution is 2.54.